The Labute approximate surface area is 74.9 Å². The number of nitrogens with two attached hydrogens (primary N) is 1. The van der Waals surface area contributed by atoms with E-state index >= 15 is 0 Å². The third kappa shape index (κ3) is 3.52. The van der Waals surface area contributed by atoms with E-state index in [4.69, 9.17) is 10.5 Å². The van der Waals surface area contributed by atoms with Gasteiger partial charge >= 0.3 is 0 Å². The number of hydrogen-bond donors (Lipinski definition) is 2. The fourth-order valence-electron chi connectivity index (χ4n) is 0.772. The van der Waals surface area contributed by atoms with Gasteiger partial charge in [-0.1, -0.05) is 13.8 Å². The molecule has 0 saturated heterocycles. The lowest BCUT2D eigenvalue weighted by Gasteiger charge is -2.31. The first-order valence-electron chi connectivity index (χ1n) is 4.46. The van der Waals surface area contributed by atoms with E-state index in [1.807, 2.05) is 27.7 Å². The standard InChI is InChI=1S/C9H21NO2/c1-7(2)9(11,5-10)6-12-8(3)4/h7-8,11H,5-6,10H2,1-4H3. The molecular weight excluding hydrogens is 154 g/mol. The molecule has 3 nitrogen and oxygen atoms in total. The van der Waals surface area contributed by atoms with E-state index in [2.05, 4.69) is 0 Å². The molecule has 3 heteroatoms. The second-order valence-corrected chi connectivity index (χ2v) is 3.82. The highest BCUT2D eigenvalue weighted by Crippen LogP contribution is 2.16. The molecule has 0 bridgehead atoms. The molecule has 12 heavy (non-hydrogen) atoms. The van der Waals surface area contributed by atoms with Gasteiger partial charge in [-0.05, 0) is 19.8 Å². The van der Waals surface area contributed by atoms with Crippen molar-refractivity contribution >= 4 is 0 Å². The van der Waals surface area contributed by atoms with Crippen molar-refractivity contribution in [1.29, 1.82) is 0 Å². The summed E-state index contributed by atoms with van der Waals surface area (Å²) in [5, 5.41) is 9.90. The SMILES string of the molecule is CC(C)OCC(O)(CN)C(C)C. The molecular formula is C9H21NO2. The highest BCUT2D eigenvalue weighted by atomic mass is 16.5. The molecule has 0 aliphatic carbocycles. The topological polar surface area (TPSA) is 55.5 Å². The number of aliphatic hydroxyl groups is 1. The Bertz CT molecular complexity index is 126. The minimum absolute atomic E-state index is 0.126. The van der Waals surface area contributed by atoms with Crippen molar-refractivity contribution < 1.29 is 9.84 Å². The van der Waals surface area contributed by atoms with E-state index in [0.29, 0.717) is 6.61 Å². The predicted molar refractivity (Wildman–Crippen MR) is 49.9 cm³/mol. The summed E-state index contributed by atoms with van der Waals surface area (Å²) in [7, 11) is 0. The Morgan fingerprint density at radius 3 is 2.08 bits per heavy atom. The molecule has 0 saturated carbocycles. The number of ether oxygens (including phenoxy) is 1. The highest BCUT2D eigenvalue weighted by Gasteiger charge is 2.29. The maximum absolute atomic E-state index is 9.90. The molecule has 0 fully saturated rings. The third-order valence-corrected chi connectivity index (χ3v) is 2.09. The summed E-state index contributed by atoms with van der Waals surface area (Å²) < 4.78 is 5.33. The van der Waals surface area contributed by atoms with E-state index in [-0.39, 0.29) is 18.6 Å². The lowest BCUT2D eigenvalue weighted by atomic mass is 9.91. The molecule has 0 heterocycles. The Kier molecular flexibility index (Phi) is 4.75. The van der Waals surface area contributed by atoms with Crippen LogP contribution >= 0.6 is 0 Å². The van der Waals surface area contributed by atoms with E-state index in [0.717, 1.165) is 0 Å². The van der Waals surface area contributed by atoms with Crippen molar-refractivity contribution in [2.45, 2.75) is 39.4 Å². The summed E-state index contributed by atoms with van der Waals surface area (Å²) in [6.45, 7) is 8.33. The molecule has 0 amide bonds. The summed E-state index contributed by atoms with van der Waals surface area (Å²) in [4.78, 5) is 0. The zero-order valence-corrected chi connectivity index (χ0v) is 8.50. The van der Waals surface area contributed by atoms with Gasteiger partial charge in [0.25, 0.3) is 0 Å². The van der Waals surface area contributed by atoms with Crippen LogP contribution in [-0.4, -0.2) is 30.0 Å². The van der Waals surface area contributed by atoms with Gasteiger partial charge in [0.05, 0.1) is 12.7 Å². The summed E-state index contributed by atoms with van der Waals surface area (Å²) in [6.07, 6.45) is 0.141. The van der Waals surface area contributed by atoms with Crippen LogP contribution in [0.25, 0.3) is 0 Å². The second kappa shape index (κ2) is 4.80. The molecule has 1 atom stereocenters. The van der Waals surface area contributed by atoms with Gasteiger partial charge < -0.3 is 15.6 Å². The Morgan fingerprint density at radius 2 is 1.83 bits per heavy atom. The van der Waals surface area contributed by atoms with Crippen LogP contribution in [0, 0.1) is 5.92 Å². The summed E-state index contributed by atoms with van der Waals surface area (Å²) in [6, 6.07) is 0. The Balaban J connectivity index is 3.97. The fourth-order valence-corrected chi connectivity index (χ4v) is 0.772. The normalized spacial score (nSPS) is 17.0. The van der Waals surface area contributed by atoms with Crippen molar-refractivity contribution in [3.63, 3.8) is 0 Å². The average molecular weight is 175 g/mol. The van der Waals surface area contributed by atoms with Crippen LogP contribution in [-0.2, 0) is 4.74 Å². The molecule has 0 aromatic heterocycles. The Morgan fingerprint density at radius 1 is 1.33 bits per heavy atom. The molecule has 0 aliphatic heterocycles. The molecule has 1 unspecified atom stereocenters. The van der Waals surface area contributed by atoms with Crippen LogP contribution in [0.3, 0.4) is 0 Å². The van der Waals surface area contributed by atoms with Crippen molar-refractivity contribution in [2.75, 3.05) is 13.2 Å². The molecule has 0 radical (unpaired) electrons. The molecule has 74 valence electrons. The van der Waals surface area contributed by atoms with Gasteiger partial charge in [0.1, 0.15) is 5.60 Å². The molecule has 0 aromatic rings. The van der Waals surface area contributed by atoms with E-state index in [1.165, 1.54) is 0 Å². The van der Waals surface area contributed by atoms with Crippen molar-refractivity contribution in [2.24, 2.45) is 11.7 Å². The molecule has 3 N–H and O–H groups in total. The summed E-state index contributed by atoms with van der Waals surface area (Å²) >= 11 is 0. The first kappa shape index (κ1) is 11.9. The lowest BCUT2D eigenvalue weighted by molar-refractivity contribution is -0.0846. The fraction of sp³-hybridized carbons (Fsp3) is 1.00. The third-order valence-electron chi connectivity index (χ3n) is 2.09. The average Bonchev–Trinajstić information content (AvgIpc) is 1.99. The molecule has 0 rings (SSSR count). The largest absolute Gasteiger partial charge is 0.386 e. The van der Waals surface area contributed by atoms with Crippen LogP contribution in [0.5, 0.6) is 0 Å². The quantitative estimate of drug-likeness (QED) is 0.648. The van der Waals surface area contributed by atoms with Gasteiger partial charge in [0, 0.05) is 6.54 Å². The van der Waals surface area contributed by atoms with Crippen molar-refractivity contribution in [3.8, 4) is 0 Å². The maximum atomic E-state index is 9.90. The van der Waals surface area contributed by atoms with E-state index in [9.17, 15) is 5.11 Å². The highest BCUT2D eigenvalue weighted by molar-refractivity contribution is 4.82. The molecule has 0 aromatic carbocycles. The van der Waals surface area contributed by atoms with Gasteiger partial charge in [-0.3, -0.25) is 0 Å². The van der Waals surface area contributed by atoms with Crippen molar-refractivity contribution in [1.82, 2.24) is 0 Å². The zero-order valence-electron chi connectivity index (χ0n) is 8.50. The predicted octanol–water partition coefficient (Wildman–Crippen LogP) is 0.757. The maximum Gasteiger partial charge on any atom is 0.102 e. The Hall–Kier alpha value is -0.120. The zero-order chi connectivity index (χ0) is 9.78. The smallest absolute Gasteiger partial charge is 0.102 e. The summed E-state index contributed by atoms with van der Waals surface area (Å²) in [5.74, 6) is 0.126. The van der Waals surface area contributed by atoms with Crippen LogP contribution in [0.1, 0.15) is 27.7 Å². The monoisotopic (exact) mass is 175 g/mol. The van der Waals surface area contributed by atoms with E-state index < -0.39 is 5.60 Å². The molecule has 0 aliphatic rings. The second-order valence-electron chi connectivity index (χ2n) is 3.82. The van der Waals surface area contributed by atoms with Crippen LogP contribution in [0.4, 0.5) is 0 Å². The van der Waals surface area contributed by atoms with Gasteiger partial charge in [0.2, 0.25) is 0 Å². The minimum Gasteiger partial charge on any atom is -0.386 e. The van der Waals surface area contributed by atoms with Crippen molar-refractivity contribution in [3.05, 3.63) is 0 Å². The van der Waals surface area contributed by atoms with Gasteiger partial charge in [-0.2, -0.15) is 0 Å². The number of rotatable bonds is 5. The van der Waals surface area contributed by atoms with Crippen LogP contribution in [0.15, 0.2) is 0 Å². The summed E-state index contributed by atoms with van der Waals surface area (Å²) in [5.41, 5.74) is 4.59. The molecule has 0 spiro atoms. The van der Waals surface area contributed by atoms with Crippen LogP contribution in [0.2, 0.25) is 0 Å². The minimum atomic E-state index is -0.871. The van der Waals surface area contributed by atoms with Gasteiger partial charge in [-0.25, -0.2) is 0 Å². The number of hydrogen-bond acceptors (Lipinski definition) is 3. The van der Waals surface area contributed by atoms with Gasteiger partial charge in [-0.15, -0.1) is 0 Å². The van der Waals surface area contributed by atoms with Gasteiger partial charge in [0.15, 0.2) is 0 Å². The lowest BCUT2D eigenvalue weighted by Crippen LogP contribution is -2.47. The first-order valence-corrected chi connectivity index (χ1v) is 4.46. The first-order chi connectivity index (χ1) is 5.42. The van der Waals surface area contributed by atoms with Crippen LogP contribution < -0.4 is 5.73 Å². The van der Waals surface area contributed by atoms with E-state index in [1.54, 1.807) is 0 Å².